The summed E-state index contributed by atoms with van der Waals surface area (Å²) < 4.78 is 8.33. The van der Waals surface area contributed by atoms with Crippen molar-refractivity contribution in [3.8, 4) is 16.3 Å². The molecule has 1 amide bonds. The molecule has 2 heterocycles. The van der Waals surface area contributed by atoms with Crippen LogP contribution in [0.5, 0.6) is 5.75 Å². The van der Waals surface area contributed by atoms with E-state index in [9.17, 15) is 9.59 Å². The van der Waals surface area contributed by atoms with Crippen LogP contribution in [0.3, 0.4) is 0 Å². The summed E-state index contributed by atoms with van der Waals surface area (Å²) >= 11 is 7.85. The Bertz CT molecular complexity index is 2540. The number of nitrogens with one attached hydrogen (secondary N) is 1. The molecule has 1 aromatic heterocycles. The van der Waals surface area contributed by atoms with E-state index < -0.39 is 0 Å². The number of amides is 1. The minimum Gasteiger partial charge on any atom is -0.497 e. The van der Waals surface area contributed by atoms with Crippen LogP contribution in [0.25, 0.3) is 42.5 Å². The zero-order chi connectivity index (χ0) is 38.5. The molecule has 8 nitrogen and oxygen atoms in total. The molecule has 0 saturated carbocycles. The number of carbonyl (C=O) groups excluding carboxylic acids is 2. The average Bonchev–Trinajstić information content (AvgIpc) is 3.47. The van der Waals surface area contributed by atoms with Gasteiger partial charge >= 0.3 is 0 Å². The molecule has 1 aliphatic carbocycles. The predicted octanol–water partition coefficient (Wildman–Crippen LogP) is 9.83. The topological polar surface area (TPSA) is 88.8 Å². The molecule has 55 heavy (non-hydrogen) atoms. The van der Waals surface area contributed by atoms with Crippen LogP contribution in [-0.2, 0) is 11.2 Å². The molecule has 0 spiro atoms. The molecule has 0 atom stereocenters. The summed E-state index contributed by atoms with van der Waals surface area (Å²) in [6.07, 6.45) is 4.02. The van der Waals surface area contributed by atoms with Gasteiger partial charge in [-0.3, -0.25) is 19.1 Å². The van der Waals surface area contributed by atoms with E-state index in [1.54, 1.807) is 47.3 Å². The Morgan fingerprint density at radius 3 is 2.42 bits per heavy atom. The molecule has 5 aromatic rings. The van der Waals surface area contributed by atoms with Gasteiger partial charge in [0.1, 0.15) is 5.75 Å². The number of nitrogens with zero attached hydrogens (tertiary/aromatic N) is 4. The van der Waals surface area contributed by atoms with E-state index in [0.29, 0.717) is 22.9 Å². The van der Waals surface area contributed by atoms with Crippen molar-refractivity contribution in [1.29, 1.82) is 0 Å². The maximum atomic E-state index is 13.6. The summed E-state index contributed by atoms with van der Waals surface area (Å²) in [5.74, 6) is 0.420. The molecule has 0 radical (unpaired) electrons. The summed E-state index contributed by atoms with van der Waals surface area (Å²) in [7, 11) is 1.61. The zero-order valence-electron chi connectivity index (χ0n) is 31.8. The molecule has 0 saturated heterocycles. The van der Waals surface area contributed by atoms with Gasteiger partial charge in [0.15, 0.2) is 0 Å². The third-order valence-corrected chi connectivity index (χ3v) is 11.7. The van der Waals surface area contributed by atoms with Crippen LogP contribution in [-0.4, -0.2) is 54.7 Å². The monoisotopic (exact) mass is 771 g/mol. The highest BCUT2D eigenvalue weighted by Crippen LogP contribution is 2.36. The van der Waals surface area contributed by atoms with Gasteiger partial charge in [-0.15, -0.1) is 11.3 Å². The third kappa shape index (κ3) is 8.09. The number of rotatable bonds is 14. The molecule has 0 unspecified atom stereocenters. The fourth-order valence-corrected chi connectivity index (χ4v) is 8.56. The standard InChI is InChI=1S/C45H46ClN5O3S/c1-5-50(6-2)32-19-21-38-41(25-32)55-42-28-39(34-13-9-10-14-35(34)44(42)49-38)47-23-11-7-8-12-24-48-43(52)27-36-29(3)51(40-22-20-33(54-4)26-37(36)40)45(53)30-15-17-31(46)18-16-30/h9-10,13-22,25-26,28H,5-8,11-12,23-24,27H2,1-4H3,(H,48,52). The van der Waals surface area contributed by atoms with Gasteiger partial charge in [-0.05, 0) is 106 Å². The van der Waals surface area contributed by atoms with Crippen molar-refractivity contribution >= 4 is 72.3 Å². The third-order valence-electron chi connectivity index (χ3n) is 10.3. The van der Waals surface area contributed by atoms with Crippen molar-refractivity contribution in [2.75, 3.05) is 38.2 Å². The Hall–Kier alpha value is -5.25. The number of anilines is 1. The van der Waals surface area contributed by atoms with E-state index in [1.807, 2.05) is 25.1 Å². The second kappa shape index (κ2) is 17.0. The SMILES string of the molecule is CCN(CC)c1ccc2nc3c4ccccc4c(=NCCCCCCNC(=O)Cc4c(C)n(C(=O)c5ccc(Cl)cc5)c5ccc(OC)cc45)cc-3sc2c1. The van der Waals surface area contributed by atoms with Crippen LogP contribution in [0.2, 0.25) is 5.02 Å². The smallest absolute Gasteiger partial charge is 0.262 e. The molecular formula is C45H46ClN5O3S. The Morgan fingerprint density at radius 1 is 0.891 bits per heavy atom. The van der Waals surface area contributed by atoms with Crippen molar-refractivity contribution in [1.82, 2.24) is 14.9 Å². The van der Waals surface area contributed by atoms with Crippen LogP contribution in [0.15, 0.2) is 96.0 Å². The first-order chi connectivity index (χ1) is 26.8. The van der Waals surface area contributed by atoms with Gasteiger partial charge < -0.3 is 15.0 Å². The lowest BCUT2D eigenvalue weighted by Crippen LogP contribution is -2.26. The fraction of sp³-hybridized carbons (Fsp3) is 0.289. The number of fused-ring (bicyclic) bond motifs is 5. The second-order valence-electron chi connectivity index (χ2n) is 13.7. The first kappa shape index (κ1) is 38.0. The summed E-state index contributed by atoms with van der Waals surface area (Å²) in [5, 5.41) is 7.76. The molecule has 1 aliphatic heterocycles. The van der Waals surface area contributed by atoms with Crippen molar-refractivity contribution in [2.45, 2.75) is 52.9 Å². The number of methoxy groups -OCH3 is 1. The Kier molecular flexibility index (Phi) is 11.8. The molecule has 282 valence electrons. The zero-order valence-corrected chi connectivity index (χ0v) is 33.4. The van der Waals surface area contributed by atoms with Gasteiger partial charge in [0.2, 0.25) is 5.91 Å². The van der Waals surface area contributed by atoms with Crippen LogP contribution < -0.4 is 20.3 Å². The normalized spacial score (nSPS) is 11.9. The molecule has 0 fully saturated rings. The van der Waals surface area contributed by atoms with Crippen LogP contribution in [0, 0.1) is 6.92 Å². The highest BCUT2D eigenvalue weighted by atomic mass is 35.5. The van der Waals surface area contributed by atoms with E-state index in [4.69, 9.17) is 26.3 Å². The molecule has 4 aromatic carbocycles. The molecule has 10 heteroatoms. The quantitative estimate of drug-likeness (QED) is 0.0676. The van der Waals surface area contributed by atoms with E-state index in [-0.39, 0.29) is 18.2 Å². The number of halogens is 1. The lowest BCUT2D eigenvalue weighted by molar-refractivity contribution is -0.120. The van der Waals surface area contributed by atoms with Gasteiger partial charge in [-0.25, -0.2) is 4.98 Å². The van der Waals surface area contributed by atoms with Gasteiger partial charge in [0.25, 0.3) is 5.91 Å². The summed E-state index contributed by atoms with van der Waals surface area (Å²) in [5.41, 5.74) is 6.07. The van der Waals surface area contributed by atoms with Crippen LogP contribution in [0.4, 0.5) is 5.69 Å². The van der Waals surface area contributed by atoms with Crippen LogP contribution >= 0.6 is 22.9 Å². The predicted molar refractivity (Wildman–Crippen MR) is 227 cm³/mol. The molecular weight excluding hydrogens is 726 g/mol. The highest BCUT2D eigenvalue weighted by molar-refractivity contribution is 7.21. The Balaban J connectivity index is 0.970. The molecule has 0 bridgehead atoms. The number of unbranched alkanes of at least 4 members (excludes halogenated alkanes) is 3. The minimum atomic E-state index is -0.174. The molecule has 1 N–H and O–H groups in total. The number of hydrogen-bond donors (Lipinski definition) is 1. The lowest BCUT2D eigenvalue weighted by atomic mass is 10.1. The largest absolute Gasteiger partial charge is 0.497 e. The summed E-state index contributed by atoms with van der Waals surface area (Å²) in [6, 6.07) is 29.7. The first-order valence-electron chi connectivity index (χ1n) is 19.1. The van der Waals surface area contributed by atoms with E-state index >= 15 is 0 Å². The highest BCUT2D eigenvalue weighted by Gasteiger charge is 2.22. The lowest BCUT2D eigenvalue weighted by Gasteiger charge is -2.21. The van der Waals surface area contributed by atoms with Crippen molar-refractivity contribution in [3.05, 3.63) is 118 Å². The number of benzene rings is 5. The maximum Gasteiger partial charge on any atom is 0.262 e. The van der Waals surface area contributed by atoms with Gasteiger partial charge in [-0.1, -0.05) is 48.7 Å². The van der Waals surface area contributed by atoms with Crippen LogP contribution in [0.1, 0.15) is 61.1 Å². The summed E-state index contributed by atoms with van der Waals surface area (Å²) in [4.78, 5) is 40.5. The molecule has 7 rings (SSSR count). The first-order valence-corrected chi connectivity index (χ1v) is 20.3. The summed E-state index contributed by atoms with van der Waals surface area (Å²) in [6.45, 7) is 9.52. The average molecular weight is 772 g/mol. The van der Waals surface area contributed by atoms with E-state index in [1.165, 1.54) is 10.4 Å². The number of hydrogen-bond acceptors (Lipinski definition) is 7. The second-order valence-corrected chi connectivity index (χ2v) is 15.3. The minimum absolute atomic E-state index is 0.0743. The number of ether oxygens (including phenoxy) is 1. The van der Waals surface area contributed by atoms with Crippen molar-refractivity contribution in [2.24, 2.45) is 4.99 Å². The molecule has 2 aliphatic rings. The van der Waals surface area contributed by atoms with E-state index in [0.717, 1.165) is 99.7 Å². The van der Waals surface area contributed by atoms with Crippen molar-refractivity contribution < 1.29 is 14.3 Å². The number of aromatic nitrogens is 2. The van der Waals surface area contributed by atoms with Gasteiger partial charge in [0, 0.05) is 64.3 Å². The van der Waals surface area contributed by atoms with Gasteiger partial charge in [-0.2, -0.15) is 0 Å². The number of carbonyl (C=O) groups is 2. The maximum absolute atomic E-state index is 13.6. The fourth-order valence-electron chi connectivity index (χ4n) is 7.38. The van der Waals surface area contributed by atoms with Gasteiger partial charge in [0.05, 0.1) is 45.2 Å². The van der Waals surface area contributed by atoms with Crippen molar-refractivity contribution in [3.63, 3.8) is 0 Å². The Labute approximate surface area is 330 Å². The van der Waals surface area contributed by atoms with E-state index in [2.05, 4.69) is 72.6 Å². The Morgan fingerprint density at radius 2 is 1.65 bits per heavy atom.